The van der Waals surface area contributed by atoms with E-state index >= 15 is 0 Å². The number of phenolic OH excluding ortho intramolecular Hbond substituents is 2. The van der Waals surface area contributed by atoms with Gasteiger partial charge in [0.1, 0.15) is 31.6 Å². The second kappa shape index (κ2) is 5.09. The van der Waals surface area contributed by atoms with Crippen LogP contribution in [0.1, 0.15) is 24.2 Å². The number of quaternary nitrogens is 2. The molecular weight excluding hydrogens is 328 g/mol. The molecule has 2 atom stereocenters. The molecule has 4 heterocycles. The lowest BCUT2D eigenvalue weighted by Crippen LogP contribution is -3.41. The van der Waals surface area contributed by atoms with Crippen LogP contribution in [0.3, 0.4) is 0 Å². The molecule has 2 aromatic rings. The van der Waals surface area contributed by atoms with Crippen LogP contribution in [-0.2, 0) is 10.2 Å². The molecule has 26 heavy (non-hydrogen) atoms. The highest BCUT2D eigenvalue weighted by atomic mass is 16.3. The maximum atomic E-state index is 13.5. The quantitative estimate of drug-likeness (QED) is 0.547. The highest BCUT2D eigenvalue weighted by Crippen LogP contribution is 2.39. The Hall–Kier alpha value is -2.37. The van der Waals surface area contributed by atoms with Crippen molar-refractivity contribution in [2.45, 2.75) is 18.5 Å². The summed E-state index contributed by atoms with van der Waals surface area (Å²) in [4.78, 5) is 16.3. The molecule has 2 aromatic carbocycles. The summed E-state index contributed by atoms with van der Waals surface area (Å²) in [5, 5.41) is 19.6. The minimum Gasteiger partial charge on any atom is -0.504 e. The van der Waals surface area contributed by atoms with Crippen molar-refractivity contribution in [3.05, 3.63) is 59.7 Å². The number of rotatable bonds is 2. The van der Waals surface area contributed by atoms with Crippen molar-refractivity contribution in [2.24, 2.45) is 5.41 Å². The predicted molar refractivity (Wildman–Crippen MR) is 95.1 cm³/mol. The Labute approximate surface area is 152 Å². The maximum absolute atomic E-state index is 13.5. The van der Waals surface area contributed by atoms with Gasteiger partial charge in [-0.3, -0.25) is 14.6 Å². The number of aromatic hydroxyl groups is 2. The van der Waals surface area contributed by atoms with Gasteiger partial charge in [-0.05, 0) is 30.7 Å². The third-order valence-electron chi connectivity index (χ3n) is 6.75. The van der Waals surface area contributed by atoms with E-state index in [1.165, 1.54) is 9.80 Å². The number of phenols is 2. The van der Waals surface area contributed by atoms with Crippen LogP contribution in [0.15, 0.2) is 48.5 Å². The van der Waals surface area contributed by atoms with Crippen molar-refractivity contribution in [3.8, 4) is 11.5 Å². The third kappa shape index (κ3) is 1.95. The molecule has 6 rings (SSSR count). The highest BCUT2D eigenvalue weighted by Gasteiger charge is 2.70. The molecule has 5 nitrogen and oxygen atoms in total. The van der Waals surface area contributed by atoms with Crippen molar-refractivity contribution in [2.75, 3.05) is 26.2 Å². The van der Waals surface area contributed by atoms with Crippen LogP contribution in [0.4, 0.5) is 0 Å². The summed E-state index contributed by atoms with van der Waals surface area (Å²) in [7, 11) is 0. The number of hydrogen-bond donors (Lipinski definition) is 4. The number of benzene rings is 2. The fraction of sp³-hybridized carbons (Fsp3) is 0.381. The lowest BCUT2D eigenvalue weighted by molar-refractivity contribution is -1.18. The van der Waals surface area contributed by atoms with Crippen molar-refractivity contribution >= 4 is 5.78 Å². The van der Waals surface area contributed by atoms with Gasteiger partial charge >= 0.3 is 0 Å². The summed E-state index contributed by atoms with van der Waals surface area (Å²) in [6.07, 6.45) is 0.194. The summed E-state index contributed by atoms with van der Waals surface area (Å²) < 4.78 is 0. The molecule has 4 fully saturated rings. The number of ketones is 1. The van der Waals surface area contributed by atoms with Crippen LogP contribution in [0, 0.1) is 5.41 Å². The maximum Gasteiger partial charge on any atom is 0.240 e. The Bertz CT molecular complexity index is 879. The molecule has 4 aliphatic rings. The summed E-state index contributed by atoms with van der Waals surface area (Å²) >= 11 is 0. The Balaban J connectivity index is 1.60. The Morgan fingerprint density at radius 3 is 2.19 bits per heavy atom. The first kappa shape index (κ1) is 15.9. The summed E-state index contributed by atoms with van der Waals surface area (Å²) in [5.41, 5.74) is 1.46. The largest absolute Gasteiger partial charge is 0.504 e. The van der Waals surface area contributed by atoms with E-state index in [1.807, 2.05) is 24.3 Å². The van der Waals surface area contributed by atoms with Crippen LogP contribution in [0.2, 0.25) is 0 Å². The van der Waals surface area contributed by atoms with Crippen molar-refractivity contribution in [1.82, 2.24) is 0 Å². The van der Waals surface area contributed by atoms with E-state index in [4.69, 9.17) is 0 Å². The standard InChI is InChI=1S/C21H22N2O3/c1-20-10-22-12-21(19(20)26,15-5-3-2-4-6-15)13-23(11-20)18(22)14-7-8-16(24)17(25)9-14/h2-9,18,24-25H,10-13H2,1H3/p+2. The van der Waals surface area contributed by atoms with Gasteiger partial charge in [0.05, 0.1) is 5.56 Å². The molecule has 0 aromatic heterocycles. The molecule has 2 unspecified atom stereocenters. The van der Waals surface area contributed by atoms with E-state index in [2.05, 4.69) is 19.1 Å². The second-order valence-corrected chi connectivity index (χ2v) is 8.54. The smallest absolute Gasteiger partial charge is 0.240 e. The number of Topliss-reactive ketones (excluding diaryl/α,β-unsaturated/α-hetero) is 1. The van der Waals surface area contributed by atoms with E-state index in [-0.39, 0.29) is 23.1 Å². The van der Waals surface area contributed by atoms with Gasteiger partial charge in [0.25, 0.3) is 0 Å². The predicted octanol–water partition coefficient (Wildman–Crippen LogP) is -0.580. The van der Waals surface area contributed by atoms with Gasteiger partial charge < -0.3 is 10.2 Å². The van der Waals surface area contributed by atoms with E-state index in [0.29, 0.717) is 5.78 Å². The van der Waals surface area contributed by atoms with Crippen LogP contribution < -0.4 is 9.80 Å². The van der Waals surface area contributed by atoms with E-state index in [9.17, 15) is 15.0 Å². The van der Waals surface area contributed by atoms with Crippen LogP contribution in [0.25, 0.3) is 0 Å². The molecule has 0 spiro atoms. The van der Waals surface area contributed by atoms with Gasteiger partial charge in [-0.2, -0.15) is 0 Å². The van der Waals surface area contributed by atoms with Crippen molar-refractivity contribution in [1.29, 1.82) is 0 Å². The van der Waals surface area contributed by atoms with E-state index < -0.39 is 5.41 Å². The van der Waals surface area contributed by atoms with Crippen LogP contribution >= 0.6 is 0 Å². The molecule has 0 amide bonds. The fourth-order valence-electron chi connectivity index (χ4n) is 5.91. The molecule has 4 aliphatic heterocycles. The minimum absolute atomic E-state index is 0.0717. The topological polar surface area (TPSA) is 66.4 Å². The summed E-state index contributed by atoms with van der Waals surface area (Å²) in [6.45, 7) is 5.37. The monoisotopic (exact) mass is 352 g/mol. The molecule has 0 saturated carbocycles. The average molecular weight is 352 g/mol. The Morgan fingerprint density at radius 2 is 1.58 bits per heavy atom. The van der Waals surface area contributed by atoms with Gasteiger partial charge in [-0.1, -0.05) is 30.3 Å². The molecule has 0 aliphatic carbocycles. The van der Waals surface area contributed by atoms with Crippen molar-refractivity contribution < 1.29 is 24.8 Å². The molecule has 4 N–H and O–H groups in total. The van der Waals surface area contributed by atoms with Crippen LogP contribution in [0.5, 0.6) is 11.5 Å². The molecule has 134 valence electrons. The van der Waals surface area contributed by atoms with E-state index in [0.717, 1.165) is 37.3 Å². The fourth-order valence-corrected chi connectivity index (χ4v) is 5.91. The molecule has 4 saturated heterocycles. The number of carbonyl (C=O) groups excluding carboxylic acids is 1. The first-order chi connectivity index (χ1) is 12.4. The summed E-state index contributed by atoms with van der Waals surface area (Å²) in [5.74, 6) is 0.240. The normalized spacial score (nSPS) is 37.9. The first-order valence-corrected chi connectivity index (χ1v) is 9.24. The number of carbonyl (C=O) groups is 1. The van der Waals surface area contributed by atoms with Crippen LogP contribution in [-0.4, -0.2) is 42.2 Å². The molecule has 4 bridgehead atoms. The number of nitrogens with one attached hydrogen (secondary N) is 2. The van der Waals surface area contributed by atoms with Gasteiger partial charge in [-0.15, -0.1) is 0 Å². The zero-order chi connectivity index (χ0) is 18.1. The van der Waals surface area contributed by atoms with Crippen molar-refractivity contribution in [3.63, 3.8) is 0 Å². The minimum atomic E-state index is -0.410. The third-order valence-corrected chi connectivity index (χ3v) is 6.75. The molecule has 5 heteroatoms. The van der Waals surface area contributed by atoms with Gasteiger partial charge in [0, 0.05) is 0 Å². The zero-order valence-electron chi connectivity index (χ0n) is 14.8. The highest BCUT2D eigenvalue weighted by molar-refractivity contribution is 5.96. The van der Waals surface area contributed by atoms with Gasteiger partial charge in [0.2, 0.25) is 6.17 Å². The number of hydrogen-bond acceptors (Lipinski definition) is 3. The zero-order valence-corrected chi connectivity index (χ0v) is 14.8. The molecule has 0 radical (unpaired) electrons. The van der Waals surface area contributed by atoms with E-state index in [1.54, 1.807) is 12.1 Å². The molecular formula is C21H24N2O3+2. The summed E-state index contributed by atoms with van der Waals surface area (Å²) in [6, 6.07) is 15.4. The number of piperidine rings is 2. The Kier molecular flexibility index (Phi) is 3.10. The lowest BCUT2D eigenvalue weighted by Gasteiger charge is -2.59. The lowest BCUT2D eigenvalue weighted by atomic mass is 9.58. The second-order valence-electron chi connectivity index (χ2n) is 8.54. The SMILES string of the molecule is CC12C[NH+]3CC(c4ccccc4)(C[NH+](C1)C3c1ccc(O)c(O)c1)C2=O. The Morgan fingerprint density at radius 1 is 0.923 bits per heavy atom. The van der Waals surface area contributed by atoms with Gasteiger partial charge in [-0.25, -0.2) is 0 Å². The first-order valence-electron chi connectivity index (χ1n) is 9.24. The average Bonchev–Trinajstić information content (AvgIpc) is 2.62. The van der Waals surface area contributed by atoms with Gasteiger partial charge in [0.15, 0.2) is 22.7 Å².